The summed E-state index contributed by atoms with van der Waals surface area (Å²) < 4.78 is 33.0. The van der Waals surface area contributed by atoms with E-state index in [9.17, 15) is 9.00 Å². The highest BCUT2D eigenvalue weighted by atomic mass is 32.2. The van der Waals surface area contributed by atoms with Gasteiger partial charge in [-0.3, -0.25) is 9.00 Å². The Balaban J connectivity index is 1.87. The smallest absolute Gasteiger partial charge is 0.306 e. The van der Waals surface area contributed by atoms with E-state index in [4.69, 9.17) is 18.9 Å². The third kappa shape index (κ3) is 4.99. The lowest BCUT2D eigenvalue weighted by molar-refractivity contribution is -0.144. The molecule has 0 aromatic heterocycles. The van der Waals surface area contributed by atoms with Gasteiger partial charge in [0.25, 0.3) is 0 Å². The van der Waals surface area contributed by atoms with E-state index in [1.165, 1.54) is 7.11 Å². The number of ether oxygens (including phenoxy) is 4. The van der Waals surface area contributed by atoms with Crippen molar-refractivity contribution in [3.8, 4) is 11.5 Å². The van der Waals surface area contributed by atoms with Crippen LogP contribution >= 0.6 is 0 Å². The lowest BCUT2D eigenvalue weighted by atomic mass is 10.3. The Kier molecular flexibility index (Phi) is 6.67. The Morgan fingerprint density at radius 2 is 2.00 bits per heavy atom. The fourth-order valence-electron chi connectivity index (χ4n) is 1.89. The number of benzene rings is 1. The molecule has 1 atom stereocenters. The molecule has 1 aromatic carbocycles. The third-order valence-electron chi connectivity index (χ3n) is 3.02. The summed E-state index contributed by atoms with van der Waals surface area (Å²) in [7, 11) is 0.252. The van der Waals surface area contributed by atoms with Gasteiger partial charge in [0, 0.05) is 30.2 Å². The maximum absolute atomic E-state index is 12.2. The quantitative estimate of drug-likeness (QED) is 0.558. The fraction of sp³-hybridized carbons (Fsp3) is 0.533. The minimum atomic E-state index is -1.28. The normalized spacial score (nSPS) is 15.0. The average molecular weight is 328 g/mol. The minimum Gasteiger partial charge on any atom is -0.490 e. The summed E-state index contributed by atoms with van der Waals surface area (Å²) in [6, 6.07) is 5.21. The van der Waals surface area contributed by atoms with Crippen LogP contribution in [0.2, 0.25) is 0 Å². The molecule has 1 heterocycles. The summed E-state index contributed by atoms with van der Waals surface area (Å²) in [6.45, 7) is 1.76. The molecule has 0 fully saturated rings. The van der Waals surface area contributed by atoms with Gasteiger partial charge in [0.05, 0.1) is 37.0 Å². The number of methoxy groups -OCH3 is 1. The number of rotatable bonds is 7. The van der Waals surface area contributed by atoms with Gasteiger partial charge >= 0.3 is 5.97 Å². The number of carbonyl (C=O) groups is 1. The highest BCUT2D eigenvalue weighted by Gasteiger charge is 2.14. The fourth-order valence-corrected chi connectivity index (χ4v) is 2.94. The van der Waals surface area contributed by atoms with Crippen molar-refractivity contribution < 1.29 is 28.0 Å². The lowest BCUT2D eigenvalue weighted by Gasteiger charge is -2.09. The molecule has 6 nitrogen and oxygen atoms in total. The molecule has 0 unspecified atom stereocenters. The topological polar surface area (TPSA) is 71.1 Å². The minimum absolute atomic E-state index is 0.102. The van der Waals surface area contributed by atoms with Crippen molar-refractivity contribution in [2.75, 3.05) is 39.3 Å². The zero-order valence-electron chi connectivity index (χ0n) is 12.5. The maximum atomic E-state index is 12.2. The van der Waals surface area contributed by atoms with Gasteiger partial charge in [0.2, 0.25) is 0 Å². The summed E-state index contributed by atoms with van der Waals surface area (Å²) in [6.07, 6.45) is 0.922. The second kappa shape index (κ2) is 8.75. The summed E-state index contributed by atoms with van der Waals surface area (Å²) >= 11 is 0. The highest BCUT2D eigenvalue weighted by Crippen LogP contribution is 2.31. The van der Waals surface area contributed by atoms with Crippen LogP contribution in [-0.2, 0) is 25.1 Å². The first kappa shape index (κ1) is 16.8. The van der Waals surface area contributed by atoms with Crippen molar-refractivity contribution >= 4 is 16.8 Å². The molecule has 1 aliphatic rings. The van der Waals surface area contributed by atoms with E-state index < -0.39 is 10.8 Å². The standard InChI is InChI=1S/C15H20O6S/c1-18-8-9-21-15(16)5-10-22(17)12-3-4-13-14(11-12)20-7-2-6-19-13/h3-4,11H,2,5-10H2,1H3/t22-/m0/s1. The Hall–Kier alpha value is -1.60. The molecule has 2 rings (SSSR count). The summed E-state index contributed by atoms with van der Waals surface area (Å²) in [4.78, 5) is 12.1. The molecule has 0 bridgehead atoms. The zero-order chi connectivity index (χ0) is 15.8. The monoisotopic (exact) mass is 328 g/mol. The third-order valence-corrected chi connectivity index (χ3v) is 4.38. The van der Waals surface area contributed by atoms with E-state index in [1.807, 2.05) is 0 Å². The van der Waals surface area contributed by atoms with Crippen molar-refractivity contribution in [2.24, 2.45) is 0 Å². The maximum Gasteiger partial charge on any atom is 0.306 e. The van der Waals surface area contributed by atoms with E-state index in [-0.39, 0.29) is 24.7 Å². The van der Waals surface area contributed by atoms with Gasteiger partial charge in [-0.25, -0.2) is 0 Å². The predicted octanol–water partition coefficient (Wildman–Crippen LogP) is 1.54. The van der Waals surface area contributed by atoms with Crippen LogP contribution in [0.3, 0.4) is 0 Å². The molecule has 0 N–H and O–H groups in total. The van der Waals surface area contributed by atoms with Gasteiger partial charge < -0.3 is 18.9 Å². The molecule has 0 aliphatic carbocycles. The van der Waals surface area contributed by atoms with E-state index >= 15 is 0 Å². The first-order chi connectivity index (χ1) is 10.7. The Morgan fingerprint density at radius 3 is 2.77 bits per heavy atom. The first-order valence-corrected chi connectivity index (χ1v) is 8.45. The van der Waals surface area contributed by atoms with Gasteiger partial charge in [-0.2, -0.15) is 0 Å². The molecule has 122 valence electrons. The molecule has 22 heavy (non-hydrogen) atoms. The number of hydrogen-bond donors (Lipinski definition) is 0. The van der Waals surface area contributed by atoms with Crippen molar-refractivity contribution in [2.45, 2.75) is 17.7 Å². The van der Waals surface area contributed by atoms with Crippen LogP contribution in [0.15, 0.2) is 23.1 Å². The molecule has 0 radical (unpaired) electrons. The van der Waals surface area contributed by atoms with E-state index in [2.05, 4.69) is 0 Å². The van der Waals surface area contributed by atoms with Gasteiger partial charge in [0.1, 0.15) is 6.61 Å². The van der Waals surface area contributed by atoms with Gasteiger partial charge in [-0.05, 0) is 12.1 Å². The largest absolute Gasteiger partial charge is 0.490 e. The highest BCUT2D eigenvalue weighted by molar-refractivity contribution is 7.85. The summed E-state index contributed by atoms with van der Waals surface area (Å²) in [5, 5.41) is 0. The van der Waals surface area contributed by atoms with Crippen LogP contribution in [0.4, 0.5) is 0 Å². The van der Waals surface area contributed by atoms with Gasteiger partial charge in [0.15, 0.2) is 11.5 Å². The van der Waals surface area contributed by atoms with Crippen LogP contribution < -0.4 is 9.47 Å². The van der Waals surface area contributed by atoms with E-state index in [1.54, 1.807) is 18.2 Å². The molecular weight excluding hydrogens is 308 g/mol. The first-order valence-electron chi connectivity index (χ1n) is 7.13. The van der Waals surface area contributed by atoms with Crippen LogP contribution in [0.5, 0.6) is 11.5 Å². The second-order valence-electron chi connectivity index (χ2n) is 4.67. The van der Waals surface area contributed by atoms with Crippen molar-refractivity contribution in [1.29, 1.82) is 0 Å². The predicted molar refractivity (Wildman–Crippen MR) is 80.8 cm³/mol. The average Bonchev–Trinajstić information content (AvgIpc) is 2.77. The van der Waals surface area contributed by atoms with E-state index in [0.29, 0.717) is 36.2 Å². The molecule has 0 saturated carbocycles. The summed E-state index contributed by atoms with van der Waals surface area (Å²) in [5.74, 6) is 1.11. The number of hydrogen-bond acceptors (Lipinski definition) is 6. The van der Waals surface area contributed by atoms with Crippen LogP contribution in [-0.4, -0.2) is 49.5 Å². The number of fused-ring (bicyclic) bond motifs is 1. The molecule has 0 saturated heterocycles. The number of carbonyl (C=O) groups excluding carboxylic acids is 1. The van der Waals surface area contributed by atoms with E-state index in [0.717, 1.165) is 6.42 Å². The van der Waals surface area contributed by atoms with Crippen molar-refractivity contribution in [1.82, 2.24) is 0 Å². The Morgan fingerprint density at radius 1 is 1.23 bits per heavy atom. The summed E-state index contributed by atoms with van der Waals surface area (Å²) in [5.41, 5.74) is 0. The lowest BCUT2D eigenvalue weighted by Crippen LogP contribution is -2.12. The molecular formula is C15H20O6S. The van der Waals surface area contributed by atoms with Crippen molar-refractivity contribution in [3.05, 3.63) is 18.2 Å². The molecule has 0 amide bonds. The Bertz CT molecular complexity index is 531. The number of esters is 1. The zero-order valence-corrected chi connectivity index (χ0v) is 13.4. The van der Waals surface area contributed by atoms with Gasteiger partial charge in [-0.15, -0.1) is 0 Å². The van der Waals surface area contributed by atoms with Gasteiger partial charge in [-0.1, -0.05) is 0 Å². The second-order valence-corrected chi connectivity index (χ2v) is 6.24. The van der Waals surface area contributed by atoms with Crippen molar-refractivity contribution in [3.63, 3.8) is 0 Å². The molecule has 1 aromatic rings. The molecule has 0 spiro atoms. The molecule has 1 aliphatic heterocycles. The SMILES string of the molecule is COCCOC(=O)CC[S@](=O)c1ccc2c(c1)OCCCO2. The molecule has 7 heteroatoms. The van der Waals surface area contributed by atoms with Crippen LogP contribution in [0, 0.1) is 0 Å². The van der Waals surface area contributed by atoms with Crippen LogP contribution in [0.25, 0.3) is 0 Å². The Labute approximate surface area is 132 Å². The van der Waals surface area contributed by atoms with Crippen LogP contribution in [0.1, 0.15) is 12.8 Å².